The first-order valence-corrected chi connectivity index (χ1v) is 13.3. The second-order valence-corrected chi connectivity index (χ2v) is 11.7. The van der Waals surface area contributed by atoms with Crippen LogP contribution in [-0.2, 0) is 26.0 Å². The first-order valence-electron chi connectivity index (χ1n) is 11.1. The largest absolute Gasteiger partial charge is 0.350 e. The Kier molecular flexibility index (Phi) is 9.14. The summed E-state index contributed by atoms with van der Waals surface area (Å²) in [5.41, 5.74) is 1.42. The lowest BCUT2D eigenvalue weighted by Crippen LogP contribution is -2.55. The molecule has 0 heterocycles. The number of sulfonamides is 1. The van der Waals surface area contributed by atoms with E-state index < -0.39 is 34.1 Å². The molecule has 7 nitrogen and oxygen atoms in total. The Labute approximate surface area is 208 Å². The fraction of sp³-hybridized carbons (Fsp3) is 0.440. The number of hydrogen-bond donors (Lipinski definition) is 1. The standard InChI is InChI=1S/C25H34ClN3O4S/c1-18-21(26)13-10-14-22(18)29(34(6,32)33)17-23(30)28(16-15-20-11-8-7-9-12-20)19(2)24(31)27-25(3,4)5/h7-14,19H,15-17H2,1-6H3,(H,27,31)/t19-/m1/s1. The highest BCUT2D eigenvalue weighted by atomic mass is 35.5. The van der Waals surface area contributed by atoms with E-state index in [0.29, 0.717) is 22.7 Å². The monoisotopic (exact) mass is 507 g/mol. The minimum atomic E-state index is -3.80. The minimum absolute atomic E-state index is 0.258. The van der Waals surface area contributed by atoms with Gasteiger partial charge in [-0.1, -0.05) is 48.0 Å². The molecule has 1 N–H and O–H groups in total. The fourth-order valence-corrected chi connectivity index (χ4v) is 4.57. The van der Waals surface area contributed by atoms with Gasteiger partial charge in [-0.15, -0.1) is 0 Å². The van der Waals surface area contributed by atoms with Crippen LogP contribution in [0, 0.1) is 6.92 Å². The third-order valence-corrected chi connectivity index (χ3v) is 6.87. The van der Waals surface area contributed by atoms with Crippen molar-refractivity contribution >= 4 is 39.1 Å². The Hall–Kier alpha value is -2.58. The van der Waals surface area contributed by atoms with E-state index in [1.807, 2.05) is 51.1 Å². The van der Waals surface area contributed by atoms with Crippen LogP contribution >= 0.6 is 11.6 Å². The average Bonchev–Trinajstić information content (AvgIpc) is 2.73. The molecule has 2 rings (SSSR count). The summed E-state index contributed by atoms with van der Waals surface area (Å²) in [6, 6.07) is 13.7. The van der Waals surface area contributed by atoms with Gasteiger partial charge in [0.15, 0.2) is 0 Å². The fourth-order valence-electron chi connectivity index (χ4n) is 3.51. The lowest BCUT2D eigenvalue weighted by Gasteiger charge is -2.33. The maximum atomic E-state index is 13.5. The molecule has 0 spiro atoms. The van der Waals surface area contributed by atoms with Crippen LogP contribution < -0.4 is 9.62 Å². The smallest absolute Gasteiger partial charge is 0.244 e. The van der Waals surface area contributed by atoms with Gasteiger partial charge in [0.25, 0.3) is 0 Å². The first kappa shape index (κ1) is 27.7. The van der Waals surface area contributed by atoms with E-state index >= 15 is 0 Å². The lowest BCUT2D eigenvalue weighted by atomic mass is 10.1. The summed E-state index contributed by atoms with van der Waals surface area (Å²) in [5, 5.41) is 3.30. The SMILES string of the molecule is Cc1c(Cl)cccc1N(CC(=O)N(CCc1ccccc1)[C@H](C)C(=O)NC(C)(C)C)S(C)(=O)=O. The molecular weight excluding hydrogens is 474 g/mol. The number of carbonyl (C=O) groups excluding carboxylic acids is 2. The Bertz CT molecular complexity index is 1110. The molecule has 9 heteroatoms. The van der Waals surface area contributed by atoms with E-state index in [1.165, 1.54) is 4.90 Å². The van der Waals surface area contributed by atoms with Gasteiger partial charge in [0.05, 0.1) is 11.9 Å². The zero-order valence-electron chi connectivity index (χ0n) is 20.6. The van der Waals surface area contributed by atoms with E-state index in [9.17, 15) is 18.0 Å². The molecule has 2 amide bonds. The number of hydrogen-bond acceptors (Lipinski definition) is 4. The third kappa shape index (κ3) is 7.74. The summed E-state index contributed by atoms with van der Waals surface area (Å²) in [6.07, 6.45) is 1.57. The van der Waals surface area contributed by atoms with Crippen LogP contribution in [0.1, 0.15) is 38.8 Å². The molecule has 0 saturated heterocycles. The quantitative estimate of drug-likeness (QED) is 0.559. The predicted octanol–water partition coefficient (Wildman–Crippen LogP) is 3.79. The molecule has 0 saturated carbocycles. The Morgan fingerprint density at radius 1 is 1.06 bits per heavy atom. The van der Waals surface area contributed by atoms with E-state index in [2.05, 4.69) is 5.32 Å². The van der Waals surface area contributed by atoms with Gasteiger partial charge in [0, 0.05) is 17.1 Å². The molecule has 0 unspecified atom stereocenters. The van der Waals surface area contributed by atoms with Crippen molar-refractivity contribution in [3.63, 3.8) is 0 Å². The van der Waals surface area contributed by atoms with Crippen LogP contribution in [0.5, 0.6) is 0 Å². The number of nitrogens with zero attached hydrogens (tertiary/aromatic N) is 2. The molecule has 0 aromatic heterocycles. The van der Waals surface area contributed by atoms with Crippen molar-refractivity contribution in [3.8, 4) is 0 Å². The molecule has 1 atom stereocenters. The Morgan fingerprint density at radius 2 is 1.68 bits per heavy atom. The van der Waals surface area contributed by atoms with E-state index in [4.69, 9.17) is 11.6 Å². The molecule has 0 aliphatic carbocycles. The van der Waals surface area contributed by atoms with Crippen molar-refractivity contribution in [1.82, 2.24) is 10.2 Å². The van der Waals surface area contributed by atoms with Crippen LogP contribution in [0.15, 0.2) is 48.5 Å². The van der Waals surface area contributed by atoms with Crippen LogP contribution in [0.3, 0.4) is 0 Å². The van der Waals surface area contributed by atoms with Gasteiger partial charge in [0.2, 0.25) is 21.8 Å². The third-order valence-electron chi connectivity index (χ3n) is 5.34. The summed E-state index contributed by atoms with van der Waals surface area (Å²) in [4.78, 5) is 27.9. The molecule has 0 fully saturated rings. The van der Waals surface area contributed by atoms with Gasteiger partial charge in [-0.3, -0.25) is 13.9 Å². The number of carbonyl (C=O) groups is 2. The summed E-state index contributed by atoms with van der Waals surface area (Å²) < 4.78 is 26.4. The average molecular weight is 508 g/mol. The highest BCUT2D eigenvalue weighted by molar-refractivity contribution is 7.92. The van der Waals surface area contributed by atoms with Crippen LogP contribution in [0.2, 0.25) is 5.02 Å². The van der Waals surface area contributed by atoms with Crippen LogP contribution in [0.25, 0.3) is 0 Å². The molecule has 0 aliphatic rings. The summed E-state index contributed by atoms with van der Waals surface area (Å²) in [6.45, 7) is 8.76. The number of halogens is 1. The Morgan fingerprint density at radius 3 is 2.24 bits per heavy atom. The van der Waals surface area contributed by atoms with Crippen molar-refractivity contribution in [2.75, 3.05) is 23.7 Å². The Balaban J connectivity index is 2.37. The highest BCUT2D eigenvalue weighted by Gasteiger charge is 2.31. The second-order valence-electron chi connectivity index (χ2n) is 9.39. The molecule has 34 heavy (non-hydrogen) atoms. The van der Waals surface area contributed by atoms with Gasteiger partial charge in [-0.25, -0.2) is 8.42 Å². The second kappa shape index (κ2) is 11.2. The molecule has 186 valence electrons. The highest BCUT2D eigenvalue weighted by Crippen LogP contribution is 2.28. The molecule has 2 aromatic rings. The van der Waals surface area contributed by atoms with Gasteiger partial charge in [0.1, 0.15) is 12.6 Å². The molecular formula is C25H34ClN3O4S. The van der Waals surface area contributed by atoms with Crippen molar-refractivity contribution < 1.29 is 18.0 Å². The van der Waals surface area contributed by atoms with Crippen molar-refractivity contribution in [2.45, 2.75) is 52.6 Å². The van der Waals surface area contributed by atoms with E-state index in [-0.39, 0.29) is 12.5 Å². The normalized spacial score (nSPS) is 12.7. The summed E-state index contributed by atoms with van der Waals surface area (Å²) in [7, 11) is -3.80. The number of anilines is 1. The molecule has 0 radical (unpaired) electrons. The van der Waals surface area contributed by atoms with Gasteiger partial charge >= 0.3 is 0 Å². The first-order chi connectivity index (χ1) is 15.7. The number of amides is 2. The van der Waals surface area contributed by atoms with E-state index in [0.717, 1.165) is 16.1 Å². The topological polar surface area (TPSA) is 86.8 Å². The number of nitrogens with one attached hydrogen (secondary N) is 1. The van der Waals surface area contributed by atoms with Crippen molar-refractivity contribution in [1.29, 1.82) is 0 Å². The maximum Gasteiger partial charge on any atom is 0.244 e. The number of rotatable bonds is 9. The zero-order chi connectivity index (χ0) is 25.7. The molecule has 0 aliphatic heterocycles. The maximum absolute atomic E-state index is 13.5. The molecule has 0 bridgehead atoms. The van der Waals surface area contributed by atoms with Gasteiger partial charge < -0.3 is 10.2 Å². The van der Waals surface area contributed by atoms with Crippen molar-refractivity contribution in [3.05, 3.63) is 64.7 Å². The van der Waals surface area contributed by atoms with Crippen LogP contribution in [0.4, 0.5) is 5.69 Å². The molecule has 2 aromatic carbocycles. The lowest BCUT2D eigenvalue weighted by molar-refractivity contribution is -0.139. The van der Waals surface area contributed by atoms with E-state index in [1.54, 1.807) is 32.0 Å². The van der Waals surface area contributed by atoms with Gasteiger partial charge in [-0.05, 0) is 64.3 Å². The summed E-state index contributed by atoms with van der Waals surface area (Å²) in [5.74, 6) is -0.781. The van der Waals surface area contributed by atoms with Crippen LogP contribution in [-0.4, -0.2) is 56.1 Å². The summed E-state index contributed by atoms with van der Waals surface area (Å²) >= 11 is 6.21. The number of benzene rings is 2. The zero-order valence-corrected chi connectivity index (χ0v) is 22.2. The predicted molar refractivity (Wildman–Crippen MR) is 138 cm³/mol. The van der Waals surface area contributed by atoms with Gasteiger partial charge in [-0.2, -0.15) is 0 Å². The minimum Gasteiger partial charge on any atom is -0.350 e. The van der Waals surface area contributed by atoms with Crippen molar-refractivity contribution in [2.24, 2.45) is 0 Å².